The third kappa shape index (κ3) is 7.63. The number of Topliss-reactive ketones (excluding diaryl/α,β-unsaturated/α-hetero) is 1. The maximum atomic E-state index is 13.2. The first-order chi connectivity index (χ1) is 19.6. The number of halogens is 6. The summed E-state index contributed by atoms with van der Waals surface area (Å²) in [4.78, 5) is 15.0. The number of nitrogens with zero attached hydrogens (tertiary/aromatic N) is 1. The summed E-state index contributed by atoms with van der Waals surface area (Å²) in [7, 11) is 0. The van der Waals surface area contributed by atoms with E-state index in [-0.39, 0.29) is 29.6 Å². The molecule has 0 amide bonds. The second-order valence-electron chi connectivity index (χ2n) is 11.9. The van der Waals surface area contributed by atoms with Gasteiger partial charge in [0.15, 0.2) is 0 Å². The minimum absolute atomic E-state index is 0.0421. The molecule has 2 nitrogen and oxygen atoms in total. The van der Waals surface area contributed by atoms with E-state index in [2.05, 4.69) is 24.8 Å². The van der Waals surface area contributed by atoms with Crippen molar-refractivity contribution in [3.8, 4) is 11.1 Å². The van der Waals surface area contributed by atoms with Crippen LogP contribution >= 0.6 is 0 Å². The lowest BCUT2D eigenvalue weighted by Gasteiger charge is -2.37. The van der Waals surface area contributed by atoms with Crippen LogP contribution in [0.25, 0.3) is 11.1 Å². The highest BCUT2D eigenvalue weighted by Gasteiger charge is 2.32. The maximum absolute atomic E-state index is 13.2. The van der Waals surface area contributed by atoms with Gasteiger partial charge in [-0.2, -0.15) is 26.3 Å². The minimum Gasteiger partial charge on any atom is -0.299 e. The van der Waals surface area contributed by atoms with Gasteiger partial charge in [0.05, 0.1) is 11.1 Å². The van der Waals surface area contributed by atoms with E-state index >= 15 is 0 Å². The predicted molar refractivity (Wildman–Crippen MR) is 153 cm³/mol. The number of likely N-dealkylation sites (tertiary alicyclic amines) is 1. The van der Waals surface area contributed by atoms with Crippen molar-refractivity contribution in [3.05, 3.63) is 94.5 Å². The van der Waals surface area contributed by atoms with Crippen molar-refractivity contribution in [1.82, 2.24) is 4.90 Å². The van der Waals surface area contributed by atoms with E-state index in [1.807, 2.05) is 19.1 Å². The molecule has 42 heavy (non-hydrogen) atoms. The fraction of sp³-hybridized carbons (Fsp3) is 0.441. The molecular formula is C34H37F6NO. The average Bonchev–Trinajstić information content (AvgIpc) is 2.94. The number of benzene rings is 3. The summed E-state index contributed by atoms with van der Waals surface area (Å²) in [6.45, 7) is 9.14. The fourth-order valence-electron chi connectivity index (χ4n) is 5.93. The molecule has 0 aliphatic carbocycles. The molecule has 226 valence electrons. The molecule has 4 rings (SSSR count). The van der Waals surface area contributed by atoms with Gasteiger partial charge in [-0.05, 0) is 104 Å². The van der Waals surface area contributed by atoms with Crippen LogP contribution in [0.3, 0.4) is 0 Å². The molecule has 0 saturated carbocycles. The second kappa shape index (κ2) is 12.6. The van der Waals surface area contributed by atoms with Crippen molar-refractivity contribution in [2.75, 3.05) is 13.1 Å². The van der Waals surface area contributed by atoms with Crippen molar-refractivity contribution in [2.45, 2.75) is 77.2 Å². The number of hydrogen-bond acceptors (Lipinski definition) is 2. The standard InChI is InChI=1S/C34H37F6NO/c1-21(2)16-32(23(4)42)29-18-27(25-9-13-31(14-10-25)34(38,39)40)17-28(19-29)26-6-5-15-41(20-26)22(3)24-7-11-30(12-8-24)33(35,36)37/h7-14,17-19,21-22,26,32H,5-6,15-16,20H2,1-4H3/t22?,26?,32-/m1/s1. The molecular weight excluding hydrogens is 552 g/mol. The lowest BCUT2D eigenvalue weighted by atomic mass is 9.81. The van der Waals surface area contributed by atoms with Crippen LogP contribution in [0.4, 0.5) is 26.3 Å². The Labute approximate surface area is 243 Å². The van der Waals surface area contributed by atoms with Gasteiger partial charge in [-0.1, -0.05) is 56.3 Å². The van der Waals surface area contributed by atoms with Crippen LogP contribution in [0, 0.1) is 5.92 Å². The van der Waals surface area contributed by atoms with Crippen LogP contribution in [-0.2, 0) is 17.1 Å². The third-order valence-electron chi connectivity index (χ3n) is 8.32. The number of piperidine rings is 1. The van der Waals surface area contributed by atoms with Crippen molar-refractivity contribution in [1.29, 1.82) is 0 Å². The Hall–Kier alpha value is -3.13. The quantitative estimate of drug-likeness (QED) is 0.244. The molecule has 0 N–H and O–H groups in total. The highest BCUT2D eigenvalue weighted by molar-refractivity contribution is 5.84. The Balaban J connectivity index is 1.68. The molecule has 3 atom stereocenters. The molecule has 8 heteroatoms. The minimum atomic E-state index is -4.43. The number of hydrogen-bond donors (Lipinski definition) is 0. The molecule has 1 aliphatic heterocycles. The summed E-state index contributed by atoms with van der Waals surface area (Å²) in [5, 5.41) is 0. The Kier molecular flexibility index (Phi) is 9.55. The van der Waals surface area contributed by atoms with Crippen LogP contribution in [0.15, 0.2) is 66.7 Å². The Bertz CT molecular complexity index is 1360. The van der Waals surface area contributed by atoms with E-state index in [1.165, 1.54) is 24.3 Å². The predicted octanol–water partition coefficient (Wildman–Crippen LogP) is 10.1. The fourth-order valence-corrected chi connectivity index (χ4v) is 5.93. The monoisotopic (exact) mass is 589 g/mol. The Morgan fingerprint density at radius 2 is 1.38 bits per heavy atom. The number of rotatable bonds is 8. The van der Waals surface area contributed by atoms with E-state index in [1.54, 1.807) is 6.92 Å². The number of carbonyl (C=O) groups excluding carboxylic acids is 1. The normalized spacial score (nSPS) is 18.2. The molecule has 2 unspecified atom stereocenters. The summed E-state index contributed by atoms with van der Waals surface area (Å²) < 4.78 is 78.8. The smallest absolute Gasteiger partial charge is 0.299 e. The third-order valence-corrected chi connectivity index (χ3v) is 8.32. The molecule has 0 bridgehead atoms. The molecule has 0 aromatic heterocycles. The van der Waals surface area contributed by atoms with Crippen LogP contribution in [0.5, 0.6) is 0 Å². The molecule has 3 aromatic carbocycles. The zero-order valence-electron chi connectivity index (χ0n) is 24.3. The SMILES string of the molecule is CC(=O)[C@@H](CC(C)C)c1cc(-c2ccc(C(F)(F)F)cc2)cc(C2CCCN(C(C)c3ccc(C(F)(F)F)cc3)C2)c1. The Morgan fingerprint density at radius 3 is 1.90 bits per heavy atom. The van der Waals surface area contributed by atoms with Crippen molar-refractivity contribution in [3.63, 3.8) is 0 Å². The van der Waals surface area contributed by atoms with E-state index in [9.17, 15) is 31.1 Å². The molecule has 1 saturated heterocycles. The number of ketones is 1. The number of alkyl halides is 6. The first-order valence-electron chi connectivity index (χ1n) is 14.4. The maximum Gasteiger partial charge on any atom is 0.416 e. The number of carbonyl (C=O) groups is 1. The molecule has 1 aliphatic rings. The van der Waals surface area contributed by atoms with Gasteiger partial charge in [-0.3, -0.25) is 9.69 Å². The topological polar surface area (TPSA) is 20.3 Å². The van der Waals surface area contributed by atoms with E-state index in [0.717, 1.165) is 65.9 Å². The van der Waals surface area contributed by atoms with Crippen LogP contribution in [0.1, 0.15) is 92.7 Å². The summed E-state index contributed by atoms with van der Waals surface area (Å²) in [6, 6.07) is 16.3. The first-order valence-corrected chi connectivity index (χ1v) is 14.4. The van der Waals surface area contributed by atoms with Gasteiger partial charge < -0.3 is 0 Å². The van der Waals surface area contributed by atoms with E-state index in [0.29, 0.717) is 18.5 Å². The van der Waals surface area contributed by atoms with Crippen LogP contribution in [0.2, 0.25) is 0 Å². The molecule has 1 fully saturated rings. The molecule has 0 spiro atoms. The van der Waals surface area contributed by atoms with E-state index in [4.69, 9.17) is 0 Å². The van der Waals surface area contributed by atoms with E-state index < -0.39 is 23.5 Å². The van der Waals surface area contributed by atoms with Crippen LogP contribution < -0.4 is 0 Å². The summed E-state index contributed by atoms with van der Waals surface area (Å²) in [5.41, 5.74) is 2.69. The highest BCUT2D eigenvalue weighted by Crippen LogP contribution is 2.38. The lowest BCUT2D eigenvalue weighted by molar-refractivity contribution is -0.138. The van der Waals surface area contributed by atoms with Gasteiger partial charge in [-0.25, -0.2) is 0 Å². The summed E-state index contributed by atoms with van der Waals surface area (Å²) >= 11 is 0. The molecule has 1 heterocycles. The molecule has 3 aromatic rings. The van der Waals surface area contributed by atoms with Crippen molar-refractivity contribution >= 4 is 5.78 Å². The second-order valence-corrected chi connectivity index (χ2v) is 11.9. The first kappa shape index (κ1) is 31.8. The highest BCUT2D eigenvalue weighted by atomic mass is 19.4. The van der Waals surface area contributed by atoms with Gasteiger partial charge in [0.25, 0.3) is 0 Å². The van der Waals surface area contributed by atoms with Crippen molar-refractivity contribution < 1.29 is 31.1 Å². The van der Waals surface area contributed by atoms with Gasteiger partial charge in [-0.15, -0.1) is 0 Å². The van der Waals surface area contributed by atoms with Gasteiger partial charge >= 0.3 is 12.4 Å². The average molecular weight is 590 g/mol. The zero-order valence-corrected chi connectivity index (χ0v) is 24.3. The van der Waals surface area contributed by atoms with Gasteiger partial charge in [0, 0.05) is 18.5 Å². The Morgan fingerprint density at radius 1 is 0.810 bits per heavy atom. The molecule has 0 radical (unpaired) electrons. The van der Waals surface area contributed by atoms with Crippen LogP contribution in [-0.4, -0.2) is 23.8 Å². The lowest BCUT2D eigenvalue weighted by Crippen LogP contribution is -2.36. The summed E-state index contributed by atoms with van der Waals surface area (Å²) in [5.74, 6) is 0.0756. The van der Waals surface area contributed by atoms with Gasteiger partial charge in [0.2, 0.25) is 0 Å². The van der Waals surface area contributed by atoms with Crippen molar-refractivity contribution in [2.24, 2.45) is 5.92 Å². The largest absolute Gasteiger partial charge is 0.416 e. The van der Waals surface area contributed by atoms with Gasteiger partial charge in [0.1, 0.15) is 5.78 Å². The zero-order chi connectivity index (χ0) is 30.8. The summed E-state index contributed by atoms with van der Waals surface area (Å²) in [6.07, 6.45) is -6.38.